The van der Waals surface area contributed by atoms with Crippen molar-refractivity contribution in [2.75, 3.05) is 5.73 Å². The Morgan fingerprint density at radius 3 is 1.58 bits per heavy atom. The monoisotopic (exact) mass is 866 g/mol. The van der Waals surface area contributed by atoms with E-state index in [1.807, 2.05) is 52.2 Å². The number of fused-ring (bicyclic) bond motifs is 1. The quantitative estimate of drug-likeness (QED) is 0.0965. The van der Waals surface area contributed by atoms with E-state index >= 15 is 0 Å². The summed E-state index contributed by atoms with van der Waals surface area (Å²) < 4.78 is 68.7. The van der Waals surface area contributed by atoms with E-state index in [0.29, 0.717) is 20.9 Å². The van der Waals surface area contributed by atoms with Crippen LogP contribution in [0.2, 0.25) is 0 Å². The molecule has 1 heterocycles. The Hall–Kier alpha value is -2.64. The van der Waals surface area contributed by atoms with Crippen molar-refractivity contribution in [2.24, 2.45) is 10.4 Å². The van der Waals surface area contributed by atoms with Gasteiger partial charge in [-0.15, -0.1) is 0 Å². The standard InChI is InChI=1S/C12H14BrF2N.C11H12BrFN2.C6H4BrF2N.C6H12O/c1-12(2,3)16-5-4-9-10(14)6-8(13)7-11(9)15;1-11(2,3)15-6-14-10-8(13)4-7(12)5-9(10)15;7-3-1-4(8)6(10)5(9)2-3;1-6(2,3)4-5-7/h5-7H,4H2,1-3H3;4-6H,1-3H3;1-2H,10H2;5H,4H2,1-3H3. The summed E-state index contributed by atoms with van der Waals surface area (Å²) in [5.41, 5.74) is 5.70. The van der Waals surface area contributed by atoms with Crippen LogP contribution >= 0.6 is 47.8 Å². The largest absolute Gasteiger partial charge is 0.394 e. The van der Waals surface area contributed by atoms with Crippen molar-refractivity contribution < 1.29 is 26.7 Å². The Kier molecular flexibility index (Phi) is 16.6. The number of rotatable bonds is 3. The van der Waals surface area contributed by atoms with Crippen LogP contribution in [0.5, 0.6) is 0 Å². The van der Waals surface area contributed by atoms with Gasteiger partial charge in [0.25, 0.3) is 0 Å². The molecule has 48 heavy (non-hydrogen) atoms. The van der Waals surface area contributed by atoms with Gasteiger partial charge in [-0.25, -0.2) is 26.9 Å². The summed E-state index contributed by atoms with van der Waals surface area (Å²) in [5.74, 6) is -2.87. The van der Waals surface area contributed by atoms with E-state index in [4.69, 9.17) is 5.73 Å². The maximum Gasteiger partial charge on any atom is 0.152 e. The Morgan fingerprint density at radius 2 is 1.19 bits per heavy atom. The van der Waals surface area contributed by atoms with Gasteiger partial charge in [-0.2, -0.15) is 0 Å². The van der Waals surface area contributed by atoms with Crippen LogP contribution in [0, 0.1) is 34.5 Å². The third-order valence-corrected chi connectivity index (χ3v) is 7.29. The van der Waals surface area contributed by atoms with Crippen molar-refractivity contribution in [1.82, 2.24) is 9.55 Å². The van der Waals surface area contributed by atoms with E-state index in [0.717, 1.165) is 28.4 Å². The zero-order valence-corrected chi connectivity index (χ0v) is 33.2. The summed E-state index contributed by atoms with van der Waals surface area (Å²) in [6, 6.07) is 8.04. The maximum atomic E-state index is 13.5. The predicted molar refractivity (Wildman–Crippen MR) is 197 cm³/mol. The fraction of sp³-hybridized carbons (Fsp3) is 0.400. The third kappa shape index (κ3) is 15.3. The van der Waals surface area contributed by atoms with Crippen LogP contribution < -0.4 is 5.73 Å². The SMILES string of the molecule is CC(C)(C)CC=O.CC(C)(C)N=CCc1c(F)cc(Br)cc1F.CC(C)(C)n1cnc2c(F)cc(Br)cc21.Nc1c(F)cc(Br)cc1F. The first-order valence-corrected chi connectivity index (χ1v) is 17.1. The molecule has 0 radical (unpaired) electrons. The molecule has 4 aromatic rings. The highest BCUT2D eigenvalue weighted by Gasteiger charge is 2.18. The molecule has 0 aliphatic carbocycles. The van der Waals surface area contributed by atoms with Crippen molar-refractivity contribution in [2.45, 2.75) is 86.2 Å². The van der Waals surface area contributed by atoms with Gasteiger partial charge < -0.3 is 15.1 Å². The lowest BCUT2D eigenvalue weighted by Gasteiger charge is -2.21. The second-order valence-electron chi connectivity index (χ2n) is 13.8. The van der Waals surface area contributed by atoms with E-state index in [9.17, 15) is 26.7 Å². The van der Waals surface area contributed by atoms with E-state index in [2.05, 4.69) is 78.5 Å². The van der Waals surface area contributed by atoms with Gasteiger partial charge in [0, 0.05) is 43.6 Å². The number of halogens is 8. The number of carbonyl (C=O) groups is 1. The number of nitrogen functional groups attached to an aromatic ring is 1. The summed E-state index contributed by atoms with van der Waals surface area (Å²) in [7, 11) is 0. The molecule has 13 heteroatoms. The van der Waals surface area contributed by atoms with Crippen LogP contribution in [0.3, 0.4) is 0 Å². The molecule has 3 aromatic carbocycles. The Morgan fingerprint density at radius 1 is 0.750 bits per heavy atom. The van der Waals surface area contributed by atoms with E-state index in [-0.39, 0.29) is 34.3 Å². The zero-order valence-electron chi connectivity index (χ0n) is 28.5. The van der Waals surface area contributed by atoms with Crippen LogP contribution in [0.25, 0.3) is 11.0 Å². The third-order valence-electron chi connectivity index (χ3n) is 5.91. The number of anilines is 1. The zero-order chi connectivity index (χ0) is 37.2. The highest BCUT2D eigenvalue weighted by Crippen LogP contribution is 2.27. The fourth-order valence-electron chi connectivity index (χ4n) is 3.56. The maximum absolute atomic E-state index is 13.5. The molecule has 0 fully saturated rings. The minimum atomic E-state index is -0.744. The molecular formula is C35H42Br3F5N4O. The van der Waals surface area contributed by atoms with Gasteiger partial charge in [-0.3, -0.25) is 4.99 Å². The van der Waals surface area contributed by atoms with Crippen LogP contribution in [0.1, 0.15) is 74.3 Å². The van der Waals surface area contributed by atoms with Crippen molar-refractivity contribution in [3.8, 4) is 0 Å². The molecule has 0 saturated heterocycles. The number of benzene rings is 3. The molecule has 0 aliphatic heterocycles. The number of aromatic nitrogens is 2. The van der Waals surface area contributed by atoms with Crippen LogP contribution in [-0.2, 0) is 16.8 Å². The molecule has 264 valence electrons. The van der Waals surface area contributed by atoms with Gasteiger partial charge in [-0.1, -0.05) is 68.6 Å². The number of nitrogens with two attached hydrogens (primary N) is 1. The van der Waals surface area contributed by atoms with Gasteiger partial charge >= 0.3 is 0 Å². The average Bonchev–Trinajstić information content (AvgIpc) is 3.34. The van der Waals surface area contributed by atoms with Crippen LogP contribution in [-0.4, -0.2) is 27.6 Å². The normalized spacial score (nSPS) is 11.7. The number of hydrogen-bond acceptors (Lipinski definition) is 4. The summed E-state index contributed by atoms with van der Waals surface area (Å²) in [5, 5.41) is 0. The fourth-order valence-corrected chi connectivity index (χ4v) is 4.78. The van der Waals surface area contributed by atoms with Crippen LogP contribution in [0.4, 0.5) is 27.6 Å². The molecule has 0 spiro atoms. The number of imidazole rings is 1. The van der Waals surface area contributed by atoms with E-state index in [1.165, 1.54) is 18.2 Å². The molecule has 0 aliphatic rings. The first-order valence-electron chi connectivity index (χ1n) is 14.7. The summed E-state index contributed by atoms with van der Waals surface area (Å²) in [6.45, 7) is 18.1. The Bertz CT molecular complexity index is 1660. The molecule has 0 bridgehead atoms. The number of aliphatic imine (C=N–C) groups is 1. The average molecular weight is 869 g/mol. The molecule has 1 aromatic heterocycles. The van der Waals surface area contributed by atoms with Gasteiger partial charge in [0.2, 0.25) is 0 Å². The molecule has 0 amide bonds. The molecular weight excluding hydrogens is 827 g/mol. The topological polar surface area (TPSA) is 73.3 Å². The van der Waals surface area contributed by atoms with Gasteiger partial charge in [-0.05, 0) is 83.4 Å². The second-order valence-corrected chi connectivity index (χ2v) is 16.5. The highest BCUT2D eigenvalue weighted by molar-refractivity contribution is 9.11. The minimum Gasteiger partial charge on any atom is -0.394 e. The number of carbonyl (C=O) groups excluding carboxylic acids is 1. The Balaban J connectivity index is 0.000000335. The minimum absolute atomic E-state index is 0.0520. The van der Waals surface area contributed by atoms with Crippen molar-refractivity contribution in [1.29, 1.82) is 0 Å². The molecule has 0 saturated carbocycles. The first kappa shape index (κ1) is 43.4. The highest BCUT2D eigenvalue weighted by atomic mass is 79.9. The van der Waals surface area contributed by atoms with Crippen molar-refractivity contribution in [3.05, 3.63) is 90.8 Å². The van der Waals surface area contributed by atoms with Crippen molar-refractivity contribution >= 4 is 77.0 Å². The molecule has 2 N–H and O–H groups in total. The smallest absolute Gasteiger partial charge is 0.152 e. The second kappa shape index (κ2) is 18.4. The lowest BCUT2D eigenvalue weighted by Crippen LogP contribution is -2.20. The Labute approximate surface area is 305 Å². The molecule has 5 nitrogen and oxygen atoms in total. The molecule has 0 unspecified atom stereocenters. The number of nitrogens with zero attached hydrogens (tertiary/aromatic N) is 3. The van der Waals surface area contributed by atoms with Crippen LogP contribution in [0.15, 0.2) is 61.1 Å². The van der Waals surface area contributed by atoms with E-state index in [1.54, 1.807) is 12.5 Å². The van der Waals surface area contributed by atoms with Gasteiger partial charge in [0.1, 0.15) is 40.8 Å². The number of hydrogen-bond donors (Lipinski definition) is 1. The summed E-state index contributed by atoms with van der Waals surface area (Å²) >= 11 is 9.23. The van der Waals surface area contributed by atoms with Crippen molar-refractivity contribution in [3.63, 3.8) is 0 Å². The lowest BCUT2D eigenvalue weighted by molar-refractivity contribution is -0.109. The lowest BCUT2D eigenvalue weighted by atomic mass is 9.93. The molecule has 4 rings (SSSR count). The summed E-state index contributed by atoms with van der Waals surface area (Å²) in [4.78, 5) is 18.1. The first-order chi connectivity index (χ1) is 21.9. The predicted octanol–water partition coefficient (Wildman–Crippen LogP) is 11.8. The summed E-state index contributed by atoms with van der Waals surface area (Å²) in [6.07, 6.45) is 5.02. The molecule has 0 atom stereocenters. The number of aldehydes is 1. The van der Waals surface area contributed by atoms with Gasteiger partial charge in [0.05, 0.1) is 17.4 Å². The van der Waals surface area contributed by atoms with E-state index < -0.39 is 29.0 Å². The van der Waals surface area contributed by atoms with Gasteiger partial charge in [0.15, 0.2) is 5.82 Å².